The molecular weight excluding hydrogens is 1590 g/mol. The van der Waals surface area contributed by atoms with Crippen molar-refractivity contribution in [2.75, 3.05) is 91.7 Å². The summed E-state index contributed by atoms with van der Waals surface area (Å²) in [5.41, 5.74) is 24.1. The van der Waals surface area contributed by atoms with E-state index in [2.05, 4.69) is 172 Å². The summed E-state index contributed by atoms with van der Waals surface area (Å²) >= 11 is 3.37. The van der Waals surface area contributed by atoms with Gasteiger partial charge in [0, 0.05) is 104 Å². The molecule has 0 unspecified atom stereocenters. The predicted octanol–water partition coefficient (Wildman–Crippen LogP) is 16.1. The monoisotopic (exact) mass is 1690 g/mol. The average molecular weight is 1700 g/mol. The fraction of sp³-hybridized carbons (Fsp3) is 0.356. The third-order valence-electron chi connectivity index (χ3n) is 17.8. The molecule has 0 radical (unpaired) electrons. The molecule has 10 aromatic heterocycles. The van der Waals surface area contributed by atoms with E-state index in [4.69, 9.17) is 72.7 Å². The number of aromatic nitrogens is 15. The Morgan fingerprint density at radius 1 is 0.533 bits per heavy atom. The van der Waals surface area contributed by atoms with Crippen molar-refractivity contribution in [1.82, 2.24) is 74.8 Å². The first-order valence-electron chi connectivity index (χ1n) is 38.7. The summed E-state index contributed by atoms with van der Waals surface area (Å²) in [5, 5.41) is 9.42. The van der Waals surface area contributed by atoms with E-state index in [9.17, 15) is 4.79 Å². The number of terminal acetylenes is 2. The smallest absolute Gasteiger partial charge is 0.325 e. The first-order valence-corrected chi connectivity index (χ1v) is 39.5. The number of nitrogen functional groups attached to an aromatic ring is 3. The van der Waals surface area contributed by atoms with Gasteiger partial charge < -0.3 is 80.7 Å². The lowest BCUT2D eigenvalue weighted by Crippen LogP contribution is -2.36. The predicted molar refractivity (Wildman–Crippen MR) is 465 cm³/mol. The van der Waals surface area contributed by atoms with Crippen LogP contribution in [0.1, 0.15) is 169 Å². The Kier molecular flexibility index (Phi) is 32.2. The third kappa shape index (κ3) is 26.6. The number of rotatable bonds is 25. The van der Waals surface area contributed by atoms with E-state index in [-0.39, 0.29) is 41.6 Å². The Bertz CT molecular complexity index is 5390. The molecule has 0 amide bonds. The molecule has 1 aromatic carbocycles. The molecule has 0 bridgehead atoms. The summed E-state index contributed by atoms with van der Waals surface area (Å²) in [6, 6.07) is 18.8. The molecule has 1 aliphatic heterocycles. The minimum atomic E-state index is -0.546. The fourth-order valence-electron chi connectivity index (χ4n) is 11.3. The largest absolute Gasteiger partial charge is 0.481 e. The normalized spacial score (nSPS) is 12.3. The lowest BCUT2D eigenvalue weighted by molar-refractivity contribution is -0.152. The molecule has 628 valence electrons. The number of benzene rings is 1. The summed E-state index contributed by atoms with van der Waals surface area (Å²) in [6.07, 6.45) is 29.9. The van der Waals surface area contributed by atoms with Gasteiger partial charge in [0.15, 0.2) is 63.6 Å². The van der Waals surface area contributed by atoms with Gasteiger partial charge in [-0.05, 0) is 113 Å². The number of carbonyl (C=O) groups is 1. The number of carbonyl (C=O) groups excluding carboxylic acids is 1. The number of anilines is 7. The van der Waals surface area contributed by atoms with E-state index in [1.54, 1.807) is 121 Å². The Balaban J connectivity index is 0.000000171. The summed E-state index contributed by atoms with van der Waals surface area (Å²) in [6.45, 7) is 33.4. The van der Waals surface area contributed by atoms with Crippen LogP contribution in [0.25, 0.3) is 0 Å². The van der Waals surface area contributed by atoms with Gasteiger partial charge in [0.25, 0.3) is 0 Å². The number of nitrogens with one attached hydrogen (secondary N) is 3. The van der Waals surface area contributed by atoms with E-state index < -0.39 is 5.60 Å². The maximum atomic E-state index is 12.0. The number of nitrogens with zero attached hydrogens (tertiary/aromatic N) is 16. The third-order valence-corrected chi connectivity index (χ3v) is 18.2. The number of halogens is 1. The molecule has 13 rings (SSSR count). The number of aryl methyl sites for hydroxylation is 4. The molecule has 9 N–H and O–H groups in total. The lowest BCUT2D eigenvalue weighted by atomic mass is 9.99. The van der Waals surface area contributed by atoms with Crippen LogP contribution in [0.15, 0.2) is 127 Å². The zero-order valence-electron chi connectivity index (χ0n) is 70.6. The Labute approximate surface area is 708 Å². The second-order valence-electron chi connectivity index (χ2n) is 29.4. The highest BCUT2D eigenvalue weighted by Gasteiger charge is 2.42. The molecule has 1 saturated heterocycles. The van der Waals surface area contributed by atoms with Crippen molar-refractivity contribution in [3.05, 3.63) is 190 Å². The SMILES string of the molecule is C#Cc1cc(Oc2cnc(C)nc2NCC)c(C(C)C)cn1.C#Cc1cc(Oc2cnc(N)nc2NCc2ccccc2)c(C(C)C)cn1.COc1cc(Oc2cnc(C)nc2N)c(C2(C)CC2)cn1.COc1cc(Oc2cnc(C)nc2N)c(N2CCOCC2)cn1.Cc1ncc(Oc2cc(Br)ncc2C(C)C)c(NCC(=O)OC(C)(C)C)n1. The van der Waals surface area contributed by atoms with Crippen molar-refractivity contribution in [1.29, 1.82) is 0 Å². The quantitative estimate of drug-likeness (QED) is 0.0176. The molecule has 1 saturated carbocycles. The highest BCUT2D eigenvalue weighted by atomic mass is 79.9. The maximum absolute atomic E-state index is 12.0. The minimum Gasteiger partial charge on any atom is -0.481 e. The molecular formula is C87H103BrN22O10. The number of esters is 1. The van der Waals surface area contributed by atoms with Gasteiger partial charge in [-0.1, -0.05) is 90.6 Å². The van der Waals surface area contributed by atoms with Gasteiger partial charge in [0.2, 0.25) is 17.7 Å². The molecule has 0 atom stereocenters. The first kappa shape index (κ1) is 90.5. The molecule has 33 heteroatoms. The summed E-state index contributed by atoms with van der Waals surface area (Å²) in [5.74, 6) is 16.8. The van der Waals surface area contributed by atoms with Crippen LogP contribution in [0, 0.1) is 52.4 Å². The number of methoxy groups -OCH3 is 2. The van der Waals surface area contributed by atoms with Crippen LogP contribution >= 0.6 is 15.9 Å². The van der Waals surface area contributed by atoms with Crippen LogP contribution in [0.2, 0.25) is 0 Å². The highest BCUT2D eigenvalue weighted by molar-refractivity contribution is 9.10. The van der Waals surface area contributed by atoms with Gasteiger partial charge in [-0.15, -0.1) is 12.8 Å². The lowest BCUT2D eigenvalue weighted by Gasteiger charge is -2.30. The molecule has 32 nitrogen and oxygen atoms in total. The number of hydrogen-bond donors (Lipinski definition) is 6. The molecule has 0 spiro atoms. The van der Waals surface area contributed by atoms with E-state index in [1.165, 1.54) is 0 Å². The topological polar surface area (TPSA) is 411 Å². The van der Waals surface area contributed by atoms with Crippen LogP contribution in [0.4, 0.5) is 40.7 Å². The van der Waals surface area contributed by atoms with Crippen LogP contribution < -0.4 is 71.2 Å². The number of hydrogen-bond acceptors (Lipinski definition) is 32. The van der Waals surface area contributed by atoms with Crippen molar-refractivity contribution < 1.29 is 47.4 Å². The molecule has 1 aliphatic carbocycles. The number of morpholine rings is 1. The van der Waals surface area contributed by atoms with Gasteiger partial charge in [0.1, 0.15) is 74.4 Å². The zero-order chi connectivity index (χ0) is 86.8. The minimum absolute atomic E-state index is 0.0266. The second-order valence-corrected chi connectivity index (χ2v) is 30.3. The zero-order valence-corrected chi connectivity index (χ0v) is 72.2. The number of pyridine rings is 5. The standard InChI is InChI=1S/C21H21N5O.C19H25BrN4O3.C17H20N4O.C15H19N5O3.C15H18N4O2/c1-4-16-10-18(17(12-23-16)14(2)3)27-19-13-25-21(22)26-20(19)24-11-15-8-6-5-7-9-15;1-11(2)13-8-22-16(20)7-14(13)26-15-9-21-12(3)24-18(15)23-10-17(25)27-19(4,5)6;1-6-13-8-15(14(9-20-13)11(3)4)22-16-10-19-12(5)21-17(16)18-7-2;1-10-17-9-13(15(16)19-10)23-12-7-14(21-2)18-8-11(12)20-3-5-22-6-4-20;1-9-17-8-12(14(16)19-9)21-11-6-13(20-3)18-7-10(11)15(2)4-5-15/h1,5-10,12-14H,11H2,2-3H3,(H3,22,24,25,26);7-9,11H,10H2,1-6H3,(H,21,23,24);1,8-11H,7H2,2-5H3,(H,18,19,21);7-9H,3-6H2,1-2H3,(H2,16,17,19);6-8H,4-5H2,1-3H3,(H2,16,17,19). The van der Waals surface area contributed by atoms with Gasteiger partial charge in [0.05, 0.1) is 70.3 Å². The van der Waals surface area contributed by atoms with Gasteiger partial charge in [-0.25, -0.2) is 69.8 Å². The summed E-state index contributed by atoms with van der Waals surface area (Å²) < 4.78 is 51.8. The van der Waals surface area contributed by atoms with Crippen molar-refractivity contribution >= 4 is 62.6 Å². The molecule has 2 aliphatic rings. The molecule has 120 heavy (non-hydrogen) atoms. The van der Waals surface area contributed by atoms with Crippen molar-refractivity contribution in [3.8, 4) is 93.9 Å². The van der Waals surface area contributed by atoms with Crippen molar-refractivity contribution in [2.24, 2.45) is 0 Å². The Morgan fingerprint density at radius 3 is 1.45 bits per heavy atom. The maximum Gasteiger partial charge on any atom is 0.325 e. The molecule has 11 heterocycles. The van der Waals surface area contributed by atoms with Crippen LogP contribution in [-0.2, 0) is 26.2 Å². The number of ether oxygens (including phenoxy) is 9. The van der Waals surface area contributed by atoms with E-state index in [0.717, 1.165) is 66.0 Å². The van der Waals surface area contributed by atoms with Gasteiger partial charge in [-0.3, -0.25) is 4.79 Å². The van der Waals surface area contributed by atoms with Crippen LogP contribution in [0.3, 0.4) is 0 Å². The van der Waals surface area contributed by atoms with Crippen molar-refractivity contribution in [2.45, 2.75) is 152 Å². The van der Waals surface area contributed by atoms with E-state index >= 15 is 0 Å². The second kappa shape index (κ2) is 42.6. The Morgan fingerprint density at radius 2 is 0.975 bits per heavy atom. The first-order chi connectivity index (χ1) is 57.3. The van der Waals surface area contributed by atoms with E-state index in [1.807, 2.05) is 71.1 Å². The molecule has 2 fully saturated rings. The van der Waals surface area contributed by atoms with Gasteiger partial charge in [-0.2, -0.15) is 4.98 Å². The van der Waals surface area contributed by atoms with E-state index in [0.29, 0.717) is 157 Å². The van der Waals surface area contributed by atoms with Crippen LogP contribution in [0.5, 0.6) is 69.3 Å². The fourth-order valence-corrected chi connectivity index (χ4v) is 11.6. The van der Waals surface area contributed by atoms with Gasteiger partial charge >= 0.3 is 5.97 Å². The summed E-state index contributed by atoms with van der Waals surface area (Å²) in [7, 11) is 3.14. The highest BCUT2D eigenvalue weighted by Crippen LogP contribution is 2.52. The Hall–Kier alpha value is -13.4. The average Bonchev–Trinajstić information content (AvgIpc) is 1.61. The summed E-state index contributed by atoms with van der Waals surface area (Å²) in [4.78, 5) is 77.4. The number of nitrogens with two attached hydrogens (primary N) is 3. The van der Waals surface area contributed by atoms with Crippen molar-refractivity contribution in [3.63, 3.8) is 0 Å². The molecule has 11 aromatic rings. The van der Waals surface area contributed by atoms with Crippen LogP contribution in [-0.4, -0.2) is 140 Å².